The number of sulfone groups is 1. The highest BCUT2D eigenvalue weighted by molar-refractivity contribution is 7.91. The molecule has 1 saturated heterocycles. The van der Waals surface area contributed by atoms with E-state index < -0.39 is 9.84 Å². The van der Waals surface area contributed by atoms with Crippen LogP contribution in [0.1, 0.15) is 25.3 Å². The van der Waals surface area contributed by atoms with E-state index in [9.17, 15) is 18.3 Å². The van der Waals surface area contributed by atoms with Gasteiger partial charge in [0.2, 0.25) is 17.7 Å². The average molecular weight is 381 g/mol. The molecule has 2 N–H and O–H groups in total. The Bertz CT molecular complexity index is 922. The van der Waals surface area contributed by atoms with E-state index in [1.165, 1.54) is 7.11 Å². The van der Waals surface area contributed by atoms with Crippen LogP contribution in [-0.4, -0.2) is 47.6 Å². The van der Waals surface area contributed by atoms with Crippen LogP contribution in [-0.2, 0) is 27.7 Å². The van der Waals surface area contributed by atoms with Gasteiger partial charge in [-0.05, 0) is 25.8 Å². The number of rotatable bonds is 5. The summed E-state index contributed by atoms with van der Waals surface area (Å²) < 4.78 is 30.0. The molecule has 142 valence electrons. The quantitative estimate of drug-likeness (QED) is 0.805. The second-order valence-electron chi connectivity index (χ2n) is 6.47. The lowest BCUT2D eigenvalue weighted by atomic mass is 10.0. The Labute approximate surface area is 152 Å². The summed E-state index contributed by atoms with van der Waals surface area (Å²) in [5.41, 5.74) is 1.27. The zero-order valence-electron chi connectivity index (χ0n) is 14.9. The number of ether oxygens (including phenoxy) is 1. The van der Waals surface area contributed by atoms with Gasteiger partial charge in [-0.25, -0.2) is 13.4 Å². The molecule has 0 aromatic carbocycles. The summed E-state index contributed by atoms with van der Waals surface area (Å²) >= 11 is 0. The normalized spacial score (nSPS) is 17.3. The van der Waals surface area contributed by atoms with Crippen LogP contribution in [0.4, 0.5) is 0 Å². The van der Waals surface area contributed by atoms with Crippen molar-refractivity contribution in [3.8, 4) is 11.8 Å². The lowest BCUT2D eigenvalue weighted by Crippen LogP contribution is -2.36. The molecular formula is C17H23N3O5S. The van der Waals surface area contributed by atoms with E-state index in [-0.39, 0.29) is 35.8 Å². The number of methoxy groups -OCH3 is 1. The summed E-state index contributed by atoms with van der Waals surface area (Å²) in [6.45, 7) is 2.73. The van der Waals surface area contributed by atoms with Crippen molar-refractivity contribution in [1.29, 1.82) is 0 Å². The zero-order valence-corrected chi connectivity index (χ0v) is 15.7. The molecule has 3 heterocycles. The van der Waals surface area contributed by atoms with Gasteiger partial charge < -0.3 is 19.7 Å². The first-order valence-corrected chi connectivity index (χ1v) is 10.4. The predicted molar refractivity (Wildman–Crippen MR) is 96.8 cm³/mol. The van der Waals surface area contributed by atoms with Crippen molar-refractivity contribution in [3.05, 3.63) is 17.8 Å². The number of fused-ring (bicyclic) bond motifs is 1. The number of nitrogens with one attached hydrogen (secondary N) is 1. The van der Waals surface area contributed by atoms with Gasteiger partial charge in [-0.15, -0.1) is 0 Å². The van der Waals surface area contributed by atoms with Crippen LogP contribution in [0.5, 0.6) is 11.8 Å². The number of aromatic nitrogens is 2. The third kappa shape index (κ3) is 3.62. The van der Waals surface area contributed by atoms with Crippen LogP contribution in [0.25, 0.3) is 10.9 Å². The van der Waals surface area contributed by atoms with Crippen molar-refractivity contribution in [3.63, 3.8) is 0 Å². The molecule has 2 aromatic rings. The minimum atomic E-state index is -3.00. The van der Waals surface area contributed by atoms with Crippen LogP contribution in [0.2, 0.25) is 0 Å². The highest BCUT2D eigenvalue weighted by Crippen LogP contribution is 2.30. The van der Waals surface area contributed by atoms with Gasteiger partial charge in [-0.2, -0.15) is 0 Å². The van der Waals surface area contributed by atoms with E-state index >= 15 is 0 Å². The van der Waals surface area contributed by atoms with Crippen LogP contribution in [0.15, 0.2) is 12.3 Å². The summed E-state index contributed by atoms with van der Waals surface area (Å²) in [4.78, 5) is 16.7. The highest BCUT2D eigenvalue weighted by atomic mass is 32.2. The van der Waals surface area contributed by atoms with E-state index in [0.717, 1.165) is 0 Å². The number of carbonyl (C=O) groups is 1. The van der Waals surface area contributed by atoms with Gasteiger partial charge in [0.25, 0.3) is 0 Å². The van der Waals surface area contributed by atoms with Crippen molar-refractivity contribution in [1.82, 2.24) is 14.9 Å². The fourth-order valence-electron chi connectivity index (χ4n) is 3.22. The summed E-state index contributed by atoms with van der Waals surface area (Å²) in [7, 11) is -1.49. The van der Waals surface area contributed by atoms with Crippen molar-refractivity contribution in [2.75, 3.05) is 18.6 Å². The molecule has 1 aliphatic heterocycles. The van der Waals surface area contributed by atoms with Gasteiger partial charge in [-0.3, -0.25) is 4.79 Å². The van der Waals surface area contributed by atoms with Gasteiger partial charge in [-0.1, -0.05) is 0 Å². The Balaban J connectivity index is 1.75. The largest absolute Gasteiger partial charge is 0.494 e. The third-order valence-corrected chi connectivity index (χ3v) is 6.51. The SMILES string of the molecule is CCn1cc2nc(OC)c(CNC(=O)C3CCS(=O)(=O)CC3)cc2c1O. The Hall–Kier alpha value is -2.29. The molecule has 26 heavy (non-hydrogen) atoms. The molecule has 0 atom stereocenters. The number of hydrogen-bond donors (Lipinski definition) is 2. The molecular weight excluding hydrogens is 358 g/mol. The van der Waals surface area contributed by atoms with Crippen LogP contribution < -0.4 is 10.1 Å². The molecule has 2 aromatic heterocycles. The first-order valence-electron chi connectivity index (χ1n) is 8.58. The summed E-state index contributed by atoms with van der Waals surface area (Å²) in [6, 6.07) is 1.76. The standard InChI is InChI=1S/C17H23N3O5S/c1-3-20-10-14-13(17(20)22)8-12(16(19-14)25-2)9-18-15(21)11-4-6-26(23,24)7-5-11/h8,10-11,22H,3-7,9H2,1-2H3,(H,18,21). The molecule has 1 fully saturated rings. The van der Waals surface area contributed by atoms with Gasteiger partial charge in [0.05, 0.1) is 29.5 Å². The lowest BCUT2D eigenvalue weighted by Gasteiger charge is -2.21. The number of aromatic hydroxyl groups is 1. The molecule has 0 bridgehead atoms. The maximum absolute atomic E-state index is 12.3. The molecule has 3 rings (SSSR count). The first kappa shape index (κ1) is 18.5. The molecule has 0 spiro atoms. The lowest BCUT2D eigenvalue weighted by molar-refractivity contribution is -0.125. The Kier molecular flexibility index (Phi) is 5.08. The van der Waals surface area contributed by atoms with Gasteiger partial charge >= 0.3 is 0 Å². The minimum absolute atomic E-state index is 0.0559. The monoisotopic (exact) mass is 381 g/mol. The zero-order chi connectivity index (χ0) is 18.9. The molecule has 1 amide bonds. The van der Waals surface area contributed by atoms with Crippen LogP contribution >= 0.6 is 0 Å². The molecule has 8 nitrogen and oxygen atoms in total. The molecule has 1 aliphatic rings. The van der Waals surface area contributed by atoms with Crippen molar-refractivity contribution >= 4 is 26.6 Å². The van der Waals surface area contributed by atoms with Crippen molar-refractivity contribution < 1.29 is 23.1 Å². The topological polar surface area (TPSA) is 111 Å². The number of hydrogen-bond acceptors (Lipinski definition) is 6. The predicted octanol–water partition coefficient (Wildman–Crippen LogP) is 1.21. The Morgan fingerprint density at radius 1 is 1.42 bits per heavy atom. The van der Waals surface area contributed by atoms with E-state index in [1.807, 2.05) is 6.92 Å². The Morgan fingerprint density at radius 3 is 2.73 bits per heavy atom. The highest BCUT2D eigenvalue weighted by Gasteiger charge is 2.28. The molecule has 0 unspecified atom stereocenters. The molecule has 0 saturated carbocycles. The van der Waals surface area contributed by atoms with Crippen molar-refractivity contribution in [2.24, 2.45) is 5.92 Å². The third-order valence-electron chi connectivity index (χ3n) is 4.79. The fraction of sp³-hybridized carbons (Fsp3) is 0.529. The fourth-order valence-corrected chi connectivity index (χ4v) is 4.71. The second kappa shape index (κ2) is 7.14. The summed E-state index contributed by atoms with van der Waals surface area (Å²) in [6.07, 6.45) is 2.45. The van der Waals surface area contributed by atoms with Crippen LogP contribution in [0, 0.1) is 5.92 Å². The molecule has 0 radical (unpaired) electrons. The Morgan fingerprint density at radius 2 is 2.12 bits per heavy atom. The second-order valence-corrected chi connectivity index (χ2v) is 8.78. The van der Waals surface area contributed by atoms with Gasteiger partial charge in [0.1, 0.15) is 9.84 Å². The van der Waals surface area contributed by atoms with E-state index in [1.54, 1.807) is 16.8 Å². The van der Waals surface area contributed by atoms with E-state index in [0.29, 0.717) is 41.7 Å². The maximum atomic E-state index is 12.3. The number of carbonyl (C=O) groups excluding carboxylic acids is 1. The number of aryl methyl sites for hydroxylation is 1. The number of pyridine rings is 1. The average Bonchev–Trinajstić information content (AvgIpc) is 2.94. The van der Waals surface area contributed by atoms with E-state index in [2.05, 4.69) is 10.3 Å². The molecule has 0 aliphatic carbocycles. The van der Waals surface area contributed by atoms with Crippen molar-refractivity contribution in [2.45, 2.75) is 32.9 Å². The smallest absolute Gasteiger partial charge is 0.223 e. The van der Waals surface area contributed by atoms with Gasteiger partial charge in [0.15, 0.2) is 0 Å². The first-order chi connectivity index (χ1) is 12.3. The minimum Gasteiger partial charge on any atom is -0.494 e. The summed E-state index contributed by atoms with van der Waals surface area (Å²) in [5.74, 6) is 0.161. The summed E-state index contributed by atoms with van der Waals surface area (Å²) in [5, 5.41) is 13.7. The number of amides is 1. The number of nitrogens with zero attached hydrogens (tertiary/aromatic N) is 2. The van der Waals surface area contributed by atoms with Crippen LogP contribution in [0.3, 0.4) is 0 Å². The van der Waals surface area contributed by atoms with Gasteiger partial charge in [0, 0.05) is 30.8 Å². The maximum Gasteiger partial charge on any atom is 0.223 e. The van der Waals surface area contributed by atoms with E-state index in [4.69, 9.17) is 4.74 Å². The molecule has 9 heteroatoms.